The molecule has 1 amide bonds. The normalized spacial score (nSPS) is 13.5. The number of unbranched alkanes of at least 4 members (excludes halogenated alkanes) is 1. The molecule has 0 aliphatic carbocycles. The summed E-state index contributed by atoms with van der Waals surface area (Å²) in [4.78, 5) is 24.7. The summed E-state index contributed by atoms with van der Waals surface area (Å²) in [6, 6.07) is 1.98. The van der Waals surface area contributed by atoms with Gasteiger partial charge in [0.15, 0.2) is 5.82 Å². The first kappa shape index (κ1) is 18.9. The van der Waals surface area contributed by atoms with Gasteiger partial charge < -0.3 is 16.4 Å². The Labute approximate surface area is 148 Å². The minimum Gasteiger partial charge on any atom is -0.368 e. The Morgan fingerprint density at radius 2 is 1.96 bits per heavy atom. The van der Waals surface area contributed by atoms with E-state index in [4.69, 9.17) is 5.73 Å². The summed E-state index contributed by atoms with van der Waals surface area (Å²) >= 11 is 0. The second kappa shape index (κ2) is 7.63. The molecule has 0 aromatic carbocycles. The molecule has 0 radical (unpaired) electrons. The molecule has 7 nitrogen and oxygen atoms in total. The number of nitrogens with one attached hydrogen (secondary N) is 2. The first-order chi connectivity index (χ1) is 11.7. The lowest BCUT2D eigenvalue weighted by atomic mass is 9.94. The first-order valence-electron chi connectivity index (χ1n) is 8.68. The van der Waals surface area contributed by atoms with Crippen LogP contribution in [0.5, 0.6) is 0 Å². The smallest absolute Gasteiger partial charge is 0.222 e. The van der Waals surface area contributed by atoms with Crippen molar-refractivity contribution < 1.29 is 4.79 Å². The van der Waals surface area contributed by atoms with Gasteiger partial charge in [0.05, 0.1) is 11.1 Å². The van der Waals surface area contributed by atoms with Gasteiger partial charge in [-0.05, 0) is 38.8 Å². The number of aryl methyl sites for hydroxylation is 2. The predicted molar refractivity (Wildman–Crippen MR) is 101 cm³/mol. The highest BCUT2D eigenvalue weighted by atomic mass is 16.1. The maximum atomic E-state index is 11.4. The van der Waals surface area contributed by atoms with Crippen LogP contribution in [0.3, 0.4) is 0 Å². The molecule has 1 atom stereocenters. The van der Waals surface area contributed by atoms with Crippen LogP contribution in [-0.2, 0) is 4.79 Å². The van der Waals surface area contributed by atoms with E-state index in [-0.39, 0.29) is 17.4 Å². The van der Waals surface area contributed by atoms with Gasteiger partial charge in [-0.2, -0.15) is 4.98 Å². The Kier molecular flexibility index (Phi) is 5.77. The minimum atomic E-state index is -0.352. The zero-order chi connectivity index (χ0) is 18.6. The lowest BCUT2D eigenvalue weighted by molar-refractivity contribution is -0.119. The van der Waals surface area contributed by atoms with E-state index in [0.29, 0.717) is 17.9 Å². The highest BCUT2D eigenvalue weighted by molar-refractivity contribution is 5.88. The minimum absolute atomic E-state index is 0.0543. The summed E-state index contributed by atoms with van der Waals surface area (Å²) in [5, 5.41) is 6.38. The Balaban J connectivity index is 2.45. The largest absolute Gasteiger partial charge is 0.368 e. The van der Waals surface area contributed by atoms with Gasteiger partial charge in [0.1, 0.15) is 5.52 Å². The predicted octanol–water partition coefficient (Wildman–Crippen LogP) is 2.72. The van der Waals surface area contributed by atoms with E-state index in [0.717, 1.165) is 36.0 Å². The van der Waals surface area contributed by atoms with Crippen molar-refractivity contribution >= 4 is 28.7 Å². The molecule has 0 bridgehead atoms. The number of carbonyl (C=O) groups excluding carboxylic acids is 1. The number of rotatable bonds is 7. The third-order valence-electron chi connectivity index (χ3n) is 4.22. The van der Waals surface area contributed by atoms with Gasteiger partial charge in [0, 0.05) is 19.2 Å². The Bertz CT molecular complexity index is 776. The second-order valence-electron chi connectivity index (χ2n) is 6.91. The molecular formula is C18H28N6O. The quantitative estimate of drug-likeness (QED) is 0.713. The number of aromatic nitrogens is 3. The number of fused-ring (bicyclic) bond motifs is 1. The number of anilines is 2. The highest BCUT2D eigenvalue weighted by Crippen LogP contribution is 2.27. The summed E-state index contributed by atoms with van der Waals surface area (Å²) in [5.74, 6) is 0.765. The van der Waals surface area contributed by atoms with Gasteiger partial charge in [-0.15, -0.1) is 0 Å². The number of amides is 1. The lowest BCUT2D eigenvalue weighted by Crippen LogP contribution is -2.46. The molecular weight excluding hydrogens is 316 g/mol. The van der Waals surface area contributed by atoms with Gasteiger partial charge in [-0.1, -0.05) is 19.8 Å². The van der Waals surface area contributed by atoms with E-state index in [9.17, 15) is 4.79 Å². The molecule has 2 rings (SSSR count). The zero-order valence-electron chi connectivity index (χ0n) is 15.7. The average molecular weight is 344 g/mol. The number of hydrogen-bond acceptors (Lipinski definition) is 6. The molecule has 2 aromatic rings. The highest BCUT2D eigenvalue weighted by Gasteiger charge is 2.26. The van der Waals surface area contributed by atoms with Crippen LogP contribution in [0.4, 0.5) is 11.8 Å². The summed E-state index contributed by atoms with van der Waals surface area (Å²) < 4.78 is 0. The van der Waals surface area contributed by atoms with E-state index < -0.39 is 0 Å². The molecule has 0 fully saturated rings. The summed E-state index contributed by atoms with van der Waals surface area (Å²) in [6.45, 7) is 10.2. The number of carbonyl (C=O) groups is 1. The Hall–Kier alpha value is -2.44. The van der Waals surface area contributed by atoms with Crippen molar-refractivity contribution in [2.24, 2.45) is 0 Å². The van der Waals surface area contributed by atoms with Crippen LogP contribution in [0, 0.1) is 13.8 Å². The molecule has 0 saturated carbocycles. The maximum absolute atomic E-state index is 11.4. The second-order valence-corrected chi connectivity index (χ2v) is 6.91. The SMILES string of the molecule is CCCCC(C)(CNC(C)=O)Nc1nc(N)nc2c(C)cc(C)nc12. The van der Waals surface area contributed by atoms with Crippen molar-refractivity contribution in [3.05, 3.63) is 17.3 Å². The molecule has 2 heterocycles. The number of hydrogen-bond donors (Lipinski definition) is 3. The fourth-order valence-electron chi connectivity index (χ4n) is 2.90. The molecule has 0 saturated heterocycles. The Morgan fingerprint density at radius 1 is 1.24 bits per heavy atom. The molecule has 1 unspecified atom stereocenters. The van der Waals surface area contributed by atoms with Crippen LogP contribution in [-0.4, -0.2) is 32.9 Å². The van der Waals surface area contributed by atoms with Crippen LogP contribution in [0.25, 0.3) is 11.0 Å². The fraction of sp³-hybridized carbons (Fsp3) is 0.556. The van der Waals surface area contributed by atoms with Crippen molar-refractivity contribution in [2.45, 2.75) is 59.4 Å². The third kappa shape index (κ3) is 4.78. The molecule has 25 heavy (non-hydrogen) atoms. The molecule has 0 aliphatic rings. The molecule has 0 aliphatic heterocycles. The molecule has 4 N–H and O–H groups in total. The van der Waals surface area contributed by atoms with E-state index >= 15 is 0 Å². The molecule has 0 spiro atoms. The van der Waals surface area contributed by atoms with Crippen molar-refractivity contribution in [1.29, 1.82) is 0 Å². The maximum Gasteiger partial charge on any atom is 0.222 e. The zero-order valence-corrected chi connectivity index (χ0v) is 15.7. The van der Waals surface area contributed by atoms with Crippen molar-refractivity contribution in [1.82, 2.24) is 20.3 Å². The van der Waals surface area contributed by atoms with Gasteiger partial charge in [0.25, 0.3) is 0 Å². The van der Waals surface area contributed by atoms with Crippen LogP contribution < -0.4 is 16.4 Å². The van der Waals surface area contributed by atoms with Crippen molar-refractivity contribution in [3.63, 3.8) is 0 Å². The number of nitrogens with two attached hydrogens (primary N) is 1. The molecule has 136 valence electrons. The van der Waals surface area contributed by atoms with Crippen LogP contribution >= 0.6 is 0 Å². The standard InChI is InChI=1S/C18H28N6O/c1-6-7-8-18(5,10-20-13(4)25)24-16-15-14(22-17(19)23-16)11(2)9-12(3)21-15/h9H,6-8,10H2,1-5H3,(H,20,25)(H3,19,22,23,24). The average Bonchev–Trinajstić information content (AvgIpc) is 2.52. The van der Waals surface area contributed by atoms with Crippen molar-refractivity contribution in [3.8, 4) is 0 Å². The third-order valence-corrected chi connectivity index (χ3v) is 4.22. The van der Waals surface area contributed by atoms with Crippen LogP contribution in [0.1, 0.15) is 51.3 Å². The van der Waals surface area contributed by atoms with Gasteiger partial charge in [-0.25, -0.2) is 9.97 Å². The van der Waals surface area contributed by atoms with E-state index in [1.54, 1.807) is 0 Å². The Morgan fingerprint density at radius 3 is 2.60 bits per heavy atom. The monoisotopic (exact) mass is 344 g/mol. The number of pyridine rings is 1. The molecule has 2 aromatic heterocycles. The van der Waals surface area contributed by atoms with Crippen LogP contribution in [0.2, 0.25) is 0 Å². The van der Waals surface area contributed by atoms with Gasteiger partial charge in [0.2, 0.25) is 11.9 Å². The number of nitrogen functional groups attached to an aromatic ring is 1. The summed E-state index contributed by atoms with van der Waals surface area (Å²) in [5.41, 5.74) is 8.93. The van der Waals surface area contributed by atoms with Crippen LogP contribution in [0.15, 0.2) is 6.07 Å². The van der Waals surface area contributed by atoms with E-state index in [1.165, 1.54) is 6.92 Å². The van der Waals surface area contributed by atoms with Gasteiger partial charge in [-0.3, -0.25) is 4.79 Å². The summed E-state index contributed by atoms with van der Waals surface area (Å²) in [7, 11) is 0. The summed E-state index contributed by atoms with van der Waals surface area (Å²) in [6.07, 6.45) is 2.99. The van der Waals surface area contributed by atoms with Gasteiger partial charge >= 0.3 is 0 Å². The topological polar surface area (TPSA) is 106 Å². The lowest BCUT2D eigenvalue weighted by Gasteiger charge is -2.32. The van der Waals surface area contributed by atoms with E-state index in [1.807, 2.05) is 19.9 Å². The van der Waals surface area contributed by atoms with E-state index in [2.05, 4.69) is 39.4 Å². The van der Waals surface area contributed by atoms with Crippen molar-refractivity contribution in [2.75, 3.05) is 17.6 Å². The number of nitrogens with zero attached hydrogens (tertiary/aromatic N) is 3. The first-order valence-corrected chi connectivity index (χ1v) is 8.68. The fourth-order valence-corrected chi connectivity index (χ4v) is 2.90. The molecule has 7 heteroatoms.